The molecule has 0 atom stereocenters. The monoisotopic (exact) mass is 386 g/mol. The molecule has 0 aliphatic heterocycles. The molecule has 0 saturated carbocycles. The van der Waals surface area contributed by atoms with Crippen LogP contribution in [0.25, 0.3) is 17.5 Å². The van der Waals surface area contributed by atoms with Crippen molar-refractivity contribution in [3.63, 3.8) is 0 Å². The summed E-state index contributed by atoms with van der Waals surface area (Å²) in [5.74, 6) is 1.46. The lowest BCUT2D eigenvalue weighted by atomic mass is 10.0. The summed E-state index contributed by atoms with van der Waals surface area (Å²) in [6.45, 7) is 1.91. The van der Waals surface area contributed by atoms with Crippen LogP contribution in [0.2, 0.25) is 0 Å². The number of nitrogens with zero attached hydrogens (tertiary/aromatic N) is 3. The largest absolute Gasteiger partial charge is 0.417 e. The number of benzene rings is 1. The molecule has 28 heavy (non-hydrogen) atoms. The number of aromatic nitrogens is 4. The van der Waals surface area contributed by atoms with E-state index >= 15 is 0 Å². The van der Waals surface area contributed by atoms with Gasteiger partial charge in [0.15, 0.2) is 5.82 Å². The minimum Gasteiger partial charge on any atom is -0.249 e. The number of hydrogen-bond donors (Lipinski definition) is 2. The molecule has 1 aliphatic rings. The first-order chi connectivity index (χ1) is 13.5. The molecular formula is C20H19F3N5+. The smallest absolute Gasteiger partial charge is 0.249 e. The molecule has 8 heteroatoms. The molecule has 2 heterocycles. The van der Waals surface area contributed by atoms with E-state index in [0.29, 0.717) is 17.9 Å². The van der Waals surface area contributed by atoms with Gasteiger partial charge in [-0.05, 0) is 31.4 Å². The van der Waals surface area contributed by atoms with Gasteiger partial charge >= 0.3 is 6.18 Å². The highest BCUT2D eigenvalue weighted by atomic mass is 19.4. The zero-order valence-electron chi connectivity index (χ0n) is 15.2. The summed E-state index contributed by atoms with van der Waals surface area (Å²) in [5.41, 5.74) is 1.91. The molecular weight excluding hydrogens is 367 g/mol. The van der Waals surface area contributed by atoms with Crippen LogP contribution < -0.4 is 5.32 Å². The number of hydrogen-bond acceptors (Lipinski definition) is 3. The standard InChI is InChI=1S/C20H18F3N5/c1-2-12-11-17(26-19-14-8-4-6-10-16(14)27-28-19)25-18(24-12)13-7-3-5-9-15(13)20(21,22)23/h3,5-7,9-11H,2,4,8H2,1H3,(H2,24,25,26,27,28)/p+1. The molecule has 144 valence electrons. The van der Waals surface area contributed by atoms with Crippen molar-refractivity contribution in [1.82, 2.24) is 20.2 Å². The quantitative estimate of drug-likeness (QED) is 0.714. The van der Waals surface area contributed by atoms with E-state index in [1.54, 1.807) is 12.1 Å². The molecule has 2 aromatic heterocycles. The van der Waals surface area contributed by atoms with Crippen LogP contribution in [0.5, 0.6) is 0 Å². The second-order valence-electron chi connectivity index (χ2n) is 6.59. The Bertz CT molecular complexity index is 1040. The minimum absolute atomic E-state index is 0.0190. The number of allylic oxidation sites excluding steroid dienone is 1. The van der Waals surface area contributed by atoms with Gasteiger partial charge in [0, 0.05) is 11.6 Å². The van der Waals surface area contributed by atoms with Crippen LogP contribution in [0.3, 0.4) is 0 Å². The van der Waals surface area contributed by atoms with Crippen molar-refractivity contribution in [3.8, 4) is 11.4 Å². The molecule has 0 amide bonds. The van der Waals surface area contributed by atoms with Crippen LogP contribution in [-0.2, 0) is 19.0 Å². The number of aryl methyl sites for hydroxylation is 1. The van der Waals surface area contributed by atoms with Gasteiger partial charge in [0.05, 0.1) is 22.5 Å². The number of rotatable bonds is 4. The third-order valence-corrected chi connectivity index (χ3v) is 4.69. The Morgan fingerprint density at radius 2 is 2.00 bits per heavy atom. The summed E-state index contributed by atoms with van der Waals surface area (Å²) in [7, 11) is 0. The number of aromatic amines is 1. The Balaban J connectivity index is 1.76. The van der Waals surface area contributed by atoms with Crippen LogP contribution in [0, 0.1) is 0 Å². The molecule has 0 radical (unpaired) electrons. The van der Waals surface area contributed by atoms with Crippen molar-refractivity contribution >= 4 is 17.7 Å². The van der Waals surface area contributed by atoms with Crippen molar-refractivity contribution in [2.75, 3.05) is 0 Å². The van der Waals surface area contributed by atoms with Gasteiger partial charge < -0.3 is 0 Å². The average Bonchev–Trinajstić information content (AvgIpc) is 3.10. The fraction of sp³-hybridized carbons (Fsp3) is 0.250. The topological polar surface area (TPSA) is 71.1 Å². The molecule has 1 aromatic carbocycles. The van der Waals surface area contributed by atoms with Gasteiger partial charge in [-0.25, -0.2) is 15.4 Å². The van der Waals surface area contributed by atoms with Gasteiger partial charge in [-0.2, -0.15) is 23.3 Å². The molecule has 0 saturated heterocycles. The fourth-order valence-corrected chi connectivity index (χ4v) is 3.30. The highest BCUT2D eigenvalue weighted by Crippen LogP contribution is 2.36. The second kappa shape index (κ2) is 7.20. The second-order valence-corrected chi connectivity index (χ2v) is 6.59. The van der Waals surface area contributed by atoms with Gasteiger partial charge in [-0.1, -0.05) is 31.2 Å². The lowest BCUT2D eigenvalue weighted by Crippen LogP contribution is -2.72. The van der Waals surface area contributed by atoms with Crippen LogP contribution in [0.1, 0.15) is 35.9 Å². The van der Waals surface area contributed by atoms with Crippen molar-refractivity contribution in [1.29, 1.82) is 0 Å². The van der Waals surface area contributed by atoms with Crippen LogP contribution in [0.4, 0.5) is 24.8 Å². The summed E-state index contributed by atoms with van der Waals surface area (Å²) >= 11 is 0. The van der Waals surface area contributed by atoms with E-state index < -0.39 is 11.7 Å². The number of nitrogens with one attached hydrogen (secondary N) is 1. The maximum Gasteiger partial charge on any atom is 0.417 e. The van der Waals surface area contributed by atoms with E-state index in [2.05, 4.69) is 26.2 Å². The third kappa shape index (κ3) is 3.55. The first-order valence-corrected chi connectivity index (χ1v) is 9.09. The van der Waals surface area contributed by atoms with E-state index in [-0.39, 0.29) is 11.4 Å². The van der Waals surface area contributed by atoms with Gasteiger partial charge in [-0.15, -0.1) is 0 Å². The number of nitrogens with two attached hydrogens (primary N) is 1. The van der Waals surface area contributed by atoms with E-state index in [0.717, 1.165) is 36.0 Å². The predicted octanol–water partition coefficient (Wildman–Crippen LogP) is 3.93. The van der Waals surface area contributed by atoms with Gasteiger partial charge in [-0.3, -0.25) is 0 Å². The molecule has 4 rings (SSSR count). The molecule has 3 N–H and O–H groups in total. The van der Waals surface area contributed by atoms with Crippen molar-refractivity contribution in [2.24, 2.45) is 0 Å². The Labute approximate surface area is 159 Å². The maximum absolute atomic E-state index is 13.4. The maximum atomic E-state index is 13.4. The lowest BCUT2D eigenvalue weighted by Gasteiger charge is -2.12. The van der Waals surface area contributed by atoms with E-state index in [9.17, 15) is 13.2 Å². The van der Waals surface area contributed by atoms with Gasteiger partial charge in [0.2, 0.25) is 11.6 Å². The zero-order valence-corrected chi connectivity index (χ0v) is 15.2. The SMILES string of the molecule is CCc1cc([NH2+]c2[nH]nc3c2CCC=C3)nc(-c2ccccc2C(F)(F)F)n1. The van der Waals surface area contributed by atoms with Crippen LogP contribution in [0.15, 0.2) is 36.4 Å². The van der Waals surface area contributed by atoms with E-state index in [1.165, 1.54) is 12.1 Å². The predicted molar refractivity (Wildman–Crippen MR) is 99.0 cm³/mol. The summed E-state index contributed by atoms with van der Waals surface area (Å²) in [4.78, 5) is 8.76. The third-order valence-electron chi connectivity index (χ3n) is 4.69. The molecule has 0 spiro atoms. The molecule has 5 nitrogen and oxygen atoms in total. The Morgan fingerprint density at radius 3 is 2.79 bits per heavy atom. The molecule has 1 aliphatic carbocycles. The summed E-state index contributed by atoms with van der Waals surface area (Å²) in [5, 5.41) is 9.11. The molecule has 0 fully saturated rings. The lowest BCUT2D eigenvalue weighted by molar-refractivity contribution is -0.487. The number of quaternary nitrogens is 1. The van der Waals surface area contributed by atoms with Gasteiger partial charge in [0.1, 0.15) is 0 Å². The molecule has 0 bridgehead atoms. The number of fused-ring (bicyclic) bond motifs is 1. The summed E-state index contributed by atoms with van der Waals surface area (Å²) < 4.78 is 40.3. The summed E-state index contributed by atoms with van der Waals surface area (Å²) in [6, 6.07) is 7.19. The average molecular weight is 386 g/mol. The van der Waals surface area contributed by atoms with Crippen LogP contribution in [-0.4, -0.2) is 20.2 Å². The highest BCUT2D eigenvalue weighted by Gasteiger charge is 2.34. The molecule has 0 unspecified atom stereocenters. The Morgan fingerprint density at radius 1 is 1.18 bits per heavy atom. The summed E-state index contributed by atoms with van der Waals surface area (Å²) in [6.07, 6.45) is 1.95. The first kappa shape index (κ1) is 18.4. The molecule has 3 aromatic rings. The number of halogens is 3. The van der Waals surface area contributed by atoms with Crippen molar-refractivity contribution < 1.29 is 18.5 Å². The number of alkyl halides is 3. The van der Waals surface area contributed by atoms with Gasteiger partial charge in [0.25, 0.3) is 0 Å². The van der Waals surface area contributed by atoms with Crippen molar-refractivity contribution in [2.45, 2.75) is 32.4 Å². The van der Waals surface area contributed by atoms with E-state index in [4.69, 9.17) is 0 Å². The minimum atomic E-state index is -4.47. The zero-order chi connectivity index (χ0) is 19.7. The Kier molecular flexibility index (Phi) is 4.72. The number of H-pyrrole nitrogens is 1. The van der Waals surface area contributed by atoms with Crippen LogP contribution >= 0.6 is 0 Å². The first-order valence-electron chi connectivity index (χ1n) is 9.09. The highest BCUT2D eigenvalue weighted by molar-refractivity contribution is 5.62. The Hall–Kier alpha value is -3.00. The van der Waals surface area contributed by atoms with E-state index in [1.807, 2.05) is 18.3 Å². The van der Waals surface area contributed by atoms with Crippen molar-refractivity contribution in [3.05, 3.63) is 58.9 Å². The fourth-order valence-electron chi connectivity index (χ4n) is 3.30. The normalized spacial score (nSPS) is 13.6.